The molecule has 1 amide bonds. The standard InChI is InChI=1S/C23H23ClN4O/c24-18-5-3-4-16(10-18)15-28-9-6-17(11-22(28)29)21-14-26-23-20(21)12-19(13-25-23)27-7-1-2-8-27/h3-5,10-14H,1-2,6-9,15H2,(H,25,26). The predicted octanol–water partition coefficient (Wildman–Crippen LogP) is 4.63. The second-order valence-electron chi connectivity index (χ2n) is 7.80. The molecule has 2 aliphatic rings. The van der Waals surface area contributed by atoms with Crippen LogP contribution in [-0.2, 0) is 11.3 Å². The number of nitrogens with one attached hydrogen (secondary N) is 1. The molecule has 5 rings (SSSR count). The molecule has 0 spiro atoms. The fourth-order valence-corrected chi connectivity index (χ4v) is 4.52. The van der Waals surface area contributed by atoms with Gasteiger partial charge in [0.1, 0.15) is 5.65 Å². The summed E-state index contributed by atoms with van der Waals surface area (Å²) in [6, 6.07) is 9.90. The van der Waals surface area contributed by atoms with E-state index in [1.54, 1.807) is 6.08 Å². The van der Waals surface area contributed by atoms with Gasteiger partial charge in [-0.05, 0) is 48.6 Å². The molecule has 0 bridgehead atoms. The highest BCUT2D eigenvalue weighted by Gasteiger charge is 2.22. The Morgan fingerprint density at radius 3 is 2.79 bits per heavy atom. The van der Waals surface area contributed by atoms with Crippen LogP contribution in [0.4, 0.5) is 5.69 Å². The van der Waals surface area contributed by atoms with Crippen molar-refractivity contribution in [1.29, 1.82) is 0 Å². The summed E-state index contributed by atoms with van der Waals surface area (Å²) < 4.78 is 0. The fraction of sp³-hybridized carbons (Fsp3) is 0.304. The lowest BCUT2D eigenvalue weighted by Gasteiger charge is -2.26. The number of aromatic nitrogens is 2. The number of H-pyrrole nitrogens is 1. The summed E-state index contributed by atoms with van der Waals surface area (Å²) in [6.07, 6.45) is 9.00. The Morgan fingerprint density at radius 2 is 2.00 bits per heavy atom. The van der Waals surface area contributed by atoms with Crippen LogP contribution in [-0.4, -0.2) is 40.4 Å². The number of pyridine rings is 1. The molecule has 0 atom stereocenters. The first-order chi connectivity index (χ1) is 14.2. The van der Waals surface area contributed by atoms with Crippen LogP contribution < -0.4 is 4.90 Å². The first kappa shape index (κ1) is 18.3. The topological polar surface area (TPSA) is 52.2 Å². The summed E-state index contributed by atoms with van der Waals surface area (Å²) in [5.74, 6) is 0.0456. The number of carbonyl (C=O) groups excluding carboxylic acids is 1. The zero-order valence-electron chi connectivity index (χ0n) is 16.2. The second-order valence-corrected chi connectivity index (χ2v) is 8.23. The molecule has 4 heterocycles. The number of aromatic amines is 1. The van der Waals surface area contributed by atoms with Crippen LogP contribution in [0.2, 0.25) is 5.02 Å². The summed E-state index contributed by atoms with van der Waals surface area (Å²) in [4.78, 5) is 24.9. The van der Waals surface area contributed by atoms with E-state index in [0.717, 1.165) is 47.2 Å². The molecule has 0 radical (unpaired) electrons. The van der Waals surface area contributed by atoms with E-state index in [0.29, 0.717) is 18.1 Å². The van der Waals surface area contributed by atoms with E-state index in [4.69, 9.17) is 11.6 Å². The predicted molar refractivity (Wildman–Crippen MR) is 117 cm³/mol. The van der Waals surface area contributed by atoms with Crippen LogP contribution >= 0.6 is 11.6 Å². The number of benzene rings is 1. The average Bonchev–Trinajstić information content (AvgIpc) is 3.39. The van der Waals surface area contributed by atoms with Gasteiger partial charge in [0.05, 0.1) is 11.9 Å². The fourth-order valence-electron chi connectivity index (χ4n) is 4.31. The van der Waals surface area contributed by atoms with Gasteiger partial charge in [0.25, 0.3) is 0 Å². The lowest BCUT2D eigenvalue weighted by Crippen LogP contribution is -2.33. The summed E-state index contributed by atoms with van der Waals surface area (Å²) >= 11 is 6.08. The van der Waals surface area contributed by atoms with Crippen LogP contribution in [0.5, 0.6) is 0 Å². The van der Waals surface area contributed by atoms with Crippen molar-refractivity contribution in [2.45, 2.75) is 25.8 Å². The largest absolute Gasteiger partial charge is 0.370 e. The van der Waals surface area contributed by atoms with E-state index < -0.39 is 0 Å². The lowest BCUT2D eigenvalue weighted by molar-refractivity contribution is -0.126. The third-order valence-electron chi connectivity index (χ3n) is 5.86. The molecule has 1 fully saturated rings. The molecule has 0 aliphatic carbocycles. The number of carbonyl (C=O) groups is 1. The maximum Gasteiger partial charge on any atom is 0.247 e. The molecule has 148 valence electrons. The molecular weight excluding hydrogens is 384 g/mol. The summed E-state index contributed by atoms with van der Waals surface area (Å²) in [6.45, 7) is 3.46. The first-order valence-corrected chi connectivity index (χ1v) is 10.5. The summed E-state index contributed by atoms with van der Waals surface area (Å²) in [5, 5.41) is 1.79. The minimum atomic E-state index is 0.0456. The number of fused-ring (bicyclic) bond motifs is 1. The normalized spacial score (nSPS) is 17.3. The van der Waals surface area contributed by atoms with Gasteiger partial charge in [-0.2, -0.15) is 0 Å². The van der Waals surface area contributed by atoms with Gasteiger partial charge in [0.2, 0.25) is 5.91 Å². The van der Waals surface area contributed by atoms with Crippen molar-refractivity contribution >= 4 is 39.8 Å². The monoisotopic (exact) mass is 406 g/mol. The molecule has 2 aliphatic heterocycles. The van der Waals surface area contributed by atoms with Gasteiger partial charge in [-0.25, -0.2) is 4.98 Å². The van der Waals surface area contributed by atoms with Crippen LogP contribution in [0.1, 0.15) is 30.4 Å². The van der Waals surface area contributed by atoms with Gasteiger partial charge < -0.3 is 14.8 Å². The smallest absolute Gasteiger partial charge is 0.247 e. The Hall–Kier alpha value is -2.79. The third-order valence-corrected chi connectivity index (χ3v) is 6.09. The van der Waals surface area contributed by atoms with Crippen molar-refractivity contribution in [2.75, 3.05) is 24.5 Å². The van der Waals surface area contributed by atoms with Crippen molar-refractivity contribution < 1.29 is 4.79 Å². The number of hydrogen-bond acceptors (Lipinski definition) is 3. The molecule has 3 aromatic rings. The van der Waals surface area contributed by atoms with Crippen molar-refractivity contribution in [3.8, 4) is 0 Å². The van der Waals surface area contributed by atoms with E-state index >= 15 is 0 Å². The Morgan fingerprint density at radius 1 is 1.14 bits per heavy atom. The maximum atomic E-state index is 12.8. The van der Waals surface area contributed by atoms with Gasteiger partial charge in [0, 0.05) is 54.4 Å². The van der Waals surface area contributed by atoms with E-state index in [1.807, 2.05) is 41.6 Å². The van der Waals surface area contributed by atoms with E-state index in [9.17, 15) is 4.79 Å². The van der Waals surface area contributed by atoms with Gasteiger partial charge in [-0.15, -0.1) is 0 Å². The van der Waals surface area contributed by atoms with Gasteiger partial charge in [-0.1, -0.05) is 23.7 Å². The molecule has 1 saturated heterocycles. The molecular formula is C23H23ClN4O. The number of amides is 1. The first-order valence-electron chi connectivity index (χ1n) is 10.1. The molecule has 29 heavy (non-hydrogen) atoms. The molecule has 1 N–H and O–H groups in total. The van der Waals surface area contributed by atoms with Crippen LogP contribution in [0.15, 0.2) is 48.8 Å². The summed E-state index contributed by atoms with van der Waals surface area (Å²) in [7, 11) is 0. The quantitative estimate of drug-likeness (QED) is 0.687. The molecule has 2 aromatic heterocycles. The zero-order valence-corrected chi connectivity index (χ0v) is 17.0. The van der Waals surface area contributed by atoms with Gasteiger partial charge in [-0.3, -0.25) is 4.79 Å². The molecule has 6 heteroatoms. The second kappa shape index (κ2) is 7.56. The minimum absolute atomic E-state index is 0.0456. The average molecular weight is 407 g/mol. The Labute approximate surface area is 175 Å². The Balaban J connectivity index is 1.40. The summed E-state index contributed by atoms with van der Waals surface area (Å²) in [5.41, 5.74) is 5.25. The van der Waals surface area contributed by atoms with Gasteiger partial charge >= 0.3 is 0 Å². The SMILES string of the molecule is O=C1C=C(c2c[nH]c3ncc(N4CCCC4)cc23)CCN1Cc1cccc(Cl)c1. The number of nitrogens with zero attached hydrogens (tertiary/aromatic N) is 3. The van der Waals surface area contributed by atoms with Crippen LogP contribution in [0, 0.1) is 0 Å². The minimum Gasteiger partial charge on any atom is -0.370 e. The van der Waals surface area contributed by atoms with Crippen molar-refractivity contribution in [2.24, 2.45) is 0 Å². The molecule has 0 unspecified atom stereocenters. The van der Waals surface area contributed by atoms with Crippen molar-refractivity contribution in [3.05, 3.63) is 65.0 Å². The molecule has 5 nitrogen and oxygen atoms in total. The lowest BCUT2D eigenvalue weighted by atomic mass is 9.98. The van der Waals surface area contributed by atoms with E-state index in [1.165, 1.54) is 18.5 Å². The van der Waals surface area contributed by atoms with Crippen LogP contribution in [0.25, 0.3) is 16.6 Å². The number of halogens is 1. The molecule has 1 aromatic carbocycles. The van der Waals surface area contributed by atoms with Crippen molar-refractivity contribution in [1.82, 2.24) is 14.9 Å². The van der Waals surface area contributed by atoms with Gasteiger partial charge in [0.15, 0.2) is 0 Å². The number of anilines is 1. The maximum absolute atomic E-state index is 12.8. The van der Waals surface area contributed by atoms with E-state index in [-0.39, 0.29) is 5.91 Å². The number of hydrogen-bond donors (Lipinski definition) is 1. The highest BCUT2D eigenvalue weighted by Crippen LogP contribution is 2.32. The third kappa shape index (κ3) is 3.62. The van der Waals surface area contributed by atoms with E-state index in [2.05, 4.69) is 20.9 Å². The van der Waals surface area contributed by atoms with Crippen molar-refractivity contribution in [3.63, 3.8) is 0 Å². The highest BCUT2D eigenvalue weighted by molar-refractivity contribution is 6.30. The Bertz CT molecular complexity index is 1100. The van der Waals surface area contributed by atoms with Crippen LogP contribution in [0.3, 0.4) is 0 Å². The molecule has 0 saturated carbocycles. The zero-order chi connectivity index (χ0) is 19.8. The Kier molecular flexibility index (Phi) is 4.76. The highest BCUT2D eigenvalue weighted by atomic mass is 35.5. The number of rotatable bonds is 4.